The number of nitrogens with one attached hydrogen (secondary N) is 1. The largest absolute Gasteiger partial charge is 0.445 e. The minimum absolute atomic E-state index is 0.0778. The van der Waals surface area contributed by atoms with Crippen molar-refractivity contribution in [1.29, 1.82) is 0 Å². The van der Waals surface area contributed by atoms with E-state index in [-0.39, 0.29) is 18.7 Å². The van der Waals surface area contributed by atoms with Crippen molar-refractivity contribution in [2.24, 2.45) is 0 Å². The molecular formula is C32H31NO6. The summed E-state index contributed by atoms with van der Waals surface area (Å²) in [7, 11) is 0. The van der Waals surface area contributed by atoms with Crippen molar-refractivity contribution in [2.45, 2.75) is 58.1 Å². The van der Waals surface area contributed by atoms with Gasteiger partial charge in [-0.1, -0.05) is 74.0 Å². The number of fused-ring (bicyclic) bond motifs is 3. The van der Waals surface area contributed by atoms with Crippen molar-refractivity contribution in [3.05, 3.63) is 111 Å². The van der Waals surface area contributed by atoms with Crippen molar-refractivity contribution < 1.29 is 23.5 Å². The maximum atomic E-state index is 13.5. The number of ether oxygens (including phenoxy) is 2. The van der Waals surface area contributed by atoms with Gasteiger partial charge < -0.3 is 19.2 Å². The molecule has 3 aromatic carbocycles. The summed E-state index contributed by atoms with van der Waals surface area (Å²) >= 11 is 0. The summed E-state index contributed by atoms with van der Waals surface area (Å²) in [6, 6.07) is 21.3. The molecule has 1 heterocycles. The number of hydrogen-bond donors (Lipinski definition) is 1. The predicted octanol–water partition coefficient (Wildman–Crippen LogP) is 5.68. The summed E-state index contributed by atoms with van der Waals surface area (Å²) < 4.78 is 16.9. The van der Waals surface area contributed by atoms with Gasteiger partial charge in [-0.05, 0) is 54.0 Å². The molecule has 0 spiro atoms. The lowest BCUT2D eigenvalue weighted by Crippen LogP contribution is -2.44. The summed E-state index contributed by atoms with van der Waals surface area (Å²) in [5, 5.41) is 3.58. The molecule has 1 N–H and O–H groups in total. The van der Waals surface area contributed by atoms with Crippen molar-refractivity contribution in [3.8, 4) is 5.75 Å². The first-order valence-corrected chi connectivity index (χ1v) is 13.4. The second-order valence-corrected chi connectivity index (χ2v) is 9.78. The van der Waals surface area contributed by atoms with E-state index in [2.05, 4.69) is 5.32 Å². The average Bonchev–Trinajstić information content (AvgIpc) is 3.45. The van der Waals surface area contributed by atoms with Crippen LogP contribution in [0.2, 0.25) is 0 Å². The Balaban J connectivity index is 1.40. The number of aryl methyl sites for hydroxylation is 2. The van der Waals surface area contributed by atoms with Crippen LogP contribution in [0.5, 0.6) is 5.75 Å². The molecule has 1 aliphatic carbocycles. The van der Waals surface area contributed by atoms with Gasteiger partial charge in [0.15, 0.2) is 0 Å². The predicted molar refractivity (Wildman–Crippen MR) is 148 cm³/mol. The van der Waals surface area contributed by atoms with Gasteiger partial charge in [0.1, 0.15) is 24.0 Å². The van der Waals surface area contributed by atoms with Gasteiger partial charge in [0.25, 0.3) is 0 Å². The molecule has 1 atom stereocenters. The zero-order valence-corrected chi connectivity index (χ0v) is 21.9. The molecule has 4 aromatic rings. The Morgan fingerprint density at radius 2 is 1.64 bits per heavy atom. The van der Waals surface area contributed by atoms with Crippen LogP contribution in [0.1, 0.15) is 47.6 Å². The monoisotopic (exact) mass is 525 g/mol. The maximum Gasteiger partial charge on any atom is 0.408 e. The summed E-state index contributed by atoms with van der Waals surface area (Å²) in [4.78, 5) is 38.7. The fraction of sp³-hybridized carbons (Fsp3) is 0.281. The lowest BCUT2D eigenvalue weighted by atomic mass is 10.0. The Kier molecular flexibility index (Phi) is 8.06. The fourth-order valence-electron chi connectivity index (χ4n) is 5.04. The number of rotatable bonds is 9. The number of alkyl carbamates (subject to hydrolysis) is 1. The average molecular weight is 526 g/mol. The topological polar surface area (TPSA) is 94.8 Å². The van der Waals surface area contributed by atoms with Crippen molar-refractivity contribution in [3.63, 3.8) is 0 Å². The lowest BCUT2D eigenvalue weighted by Gasteiger charge is -2.19. The minimum Gasteiger partial charge on any atom is -0.445 e. The van der Waals surface area contributed by atoms with Gasteiger partial charge in [-0.25, -0.2) is 14.4 Å². The van der Waals surface area contributed by atoms with Gasteiger partial charge in [-0.3, -0.25) is 0 Å². The molecule has 1 unspecified atom stereocenters. The van der Waals surface area contributed by atoms with Crippen LogP contribution in [-0.4, -0.2) is 18.1 Å². The molecule has 0 aliphatic heterocycles. The zero-order chi connectivity index (χ0) is 27.2. The van der Waals surface area contributed by atoms with Gasteiger partial charge in [0.2, 0.25) is 0 Å². The molecule has 39 heavy (non-hydrogen) atoms. The van der Waals surface area contributed by atoms with Crippen molar-refractivity contribution in [2.75, 3.05) is 0 Å². The minimum atomic E-state index is -0.993. The van der Waals surface area contributed by atoms with Crippen LogP contribution in [0.15, 0.2) is 82.0 Å². The van der Waals surface area contributed by atoms with E-state index in [1.165, 1.54) is 0 Å². The van der Waals surface area contributed by atoms with E-state index in [1.54, 1.807) is 6.07 Å². The molecule has 7 heteroatoms. The molecule has 0 saturated heterocycles. The first-order chi connectivity index (χ1) is 19.0. The third-order valence-electron chi connectivity index (χ3n) is 6.96. The van der Waals surface area contributed by atoms with Crippen molar-refractivity contribution >= 4 is 23.0 Å². The molecule has 200 valence electrons. The van der Waals surface area contributed by atoms with Crippen LogP contribution in [-0.2, 0) is 41.8 Å². The number of amides is 1. The normalized spacial score (nSPS) is 13.1. The molecule has 1 aliphatic rings. The third kappa shape index (κ3) is 6.20. The number of carbonyl (C=O) groups is 2. The summed E-state index contributed by atoms with van der Waals surface area (Å²) in [5.41, 5.74) is 4.39. The van der Waals surface area contributed by atoms with E-state index in [0.29, 0.717) is 17.8 Å². The molecule has 5 rings (SSSR count). The van der Waals surface area contributed by atoms with E-state index < -0.39 is 18.1 Å². The Labute approximate surface area is 226 Å². The second-order valence-electron chi connectivity index (χ2n) is 9.78. The Morgan fingerprint density at radius 1 is 0.949 bits per heavy atom. The quantitative estimate of drug-likeness (QED) is 0.172. The third-order valence-corrected chi connectivity index (χ3v) is 6.96. The molecule has 0 saturated carbocycles. The molecule has 1 amide bonds. The van der Waals surface area contributed by atoms with Crippen LogP contribution in [0.3, 0.4) is 0 Å². The highest BCUT2D eigenvalue weighted by Gasteiger charge is 2.26. The first kappa shape index (κ1) is 26.2. The Bertz CT molecular complexity index is 1530. The molecular weight excluding hydrogens is 494 g/mol. The van der Waals surface area contributed by atoms with Gasteiger partial charge in [-0.15, -0.1) is 0 Å². The van der Waals surface area contributed by atoms with Gasteiger partial charge >= 0.3 is 17.7 Å². The fourth-order valence-corrected chi connectivity index (χ4v) is 5.04. The van der Waals surface area contributed by atoms with Crippen LogP contribution in [0.25, 0.3) is 11.0 Å². The lowest BCUT2D eigenvalue weighted by molar-refractivity contribution is -0.136. The Morgan fingerprint density at radius 3 is 2.36 bits per heavy atom. The molecule has 7 nitrogen and oxygen atoms in total. The highest BCUT2D eigenvalue weighted by atomic mass is 16.6. The highest BCUT2D eigenvalue weighted by Crippen LogP contribution is 2.33. The molecule has 0 radical (unpaired) electrons. The van der Waals surface area contributed by atoms with Crippen molar-refractivity contribution in [1.82, 2.24) is 5.32 Å². The molecule has 0 bridgehead atoms. The van der Waals surface area contributed by atoms with E-state index in [0.717, 1.165) is 58.9 Å². The van der Waals surface area contributed by atoms with Gasteiger partial charge in [0.05, 0.1) is 0 Å². The number of benzene rings is 3. The summed E-state index contributed by atoms with van der Waals surface area (Å²) in [6.07, 6.45) is 3.50. The smallest absolute Gasteiger partial charge is 0.408 e. The van der Waals surface area contributed by atoms with Gasteiger partial charge in [-0.2, -0.15) is 0 Å². The number of carbonyl (C=O) groups excluding carboxylic acids is 2. The van der Waals surface area contributed by atoms with Crippen LogP contribution < -0.4 is 15.7 Å². The highest BCUT2D eigenvalue weighted by molar-refractivity contribution is 5.87. The molecule has 1 aromatic heterocycles. The van der Waals surface area contributed by atoms with Crippen LogP contribution in [0.4, 0.5) is 4.79 Å². The van der Waals surface area contributed by atoms with Gasteiger partial charge in [0, 0.05) is 23.4 Å². The van der Waals surface area contributed by atoms with E-state index in [9.17, 15) is 14.4 Å². The SMILES string of the molecule is CCCc1cc2c3c(c(=O)oc2cc1OC(=O)C(Cc1ccccc1)NC(=O)OCc1ccccc1)CCC3. The summed E-state index contributed by atoms with van der Waals surface area (Å²) in [5.74, 6) is -0.302. The van der Waals surface area contributed by atoms with E-state index in [4.69, 9.17) is 13.9 Å². The van der Waals surface area contributed by atoms with E-state index >= 15 is 0 Å². The number of hydrogen-bond acceptors (Lipinski definition) is 6. The maximum absolute atomic E-state index is 13.5. The second kappa shape index (κ2) is 12.0. The van der Waals surface area contributed by atoms with Crippen LogP contribution >= 0.6 is 0 Å². The summed E-state index contributed by atoms with van der Waals surface area (Å²) in [6.45, 7) is 2.13. The van der Waals surface area contributed by atoms with Crippen LogP contribution in [0, 0.1) is 0 Å². The number of esters is 1. The first-order valence-electron chi connectivity index (χ1n) is 13.4. The Hall–Kier alpha value is -4.39. The zero-order valence-electron chi connectivity index (χ0n) is 21.9. The standard InChI is InChI=1S/C32H31NO6/c1-2-10-23-18-26-24-15-9-16-25(24)30(34)39-29(26)19-28(23)38-31(35)27(17-21-11-5-3-6-12-21)33-32(36)37-20-22-13-7-4-8-14-22/h3-8,11-14,18-19,27H,2,9-10,15-17,20H2,1H3,(H,33,36). The molecule has 0 fully saturated rings. The van der Waals surface area contributed by atoms with E-state index in [1.807, 2.05) is 73.7 Å².